The van der Waals surface area contributed by atoms with E-state index in [0.717, 1.165) is 16.3 Å². The van der Waals surface area contributed by atoms with Crippen LogP contribution in [0.15, 0.2) is 58.4 Å². The van der Waals surface area contributed by atoms with Crippen molar-refractivity contribution in [1.29, 1.82) is 0 Å². The number of aliphatic imine (C=N–C) groups is 1. The fraction of sp³-hybridized carbons (Fsp3) is 0.0714. The summed E-state index contributed by atoms with van der Waals surface area (Å²) in [6.45, 7) is 0. The molecule has 1 nitrogen and oxygen atoms in total. The molecule has 0 saturated carbocycles. The molecule has 86 valence electrons. The Hall–Kier alpha value is -1.25. The van der Waals surface area contributed by atoms with Gasteiger partial charge < -0.3 is 0 Å². The van der Waals surface area contributed by atoms with E-state index in [1.165, 1.54) is 4.90 Å². The maximum atomic E-state index is 5.83. The molecule has 0 aliphatic rings. The van der Waals surface area contributed by atoms with Gasteiger partial charge in [-0.15, -0.1) is 11.8 Å². The van der Waals surface area contributed by atoms with Gasteiger partial charge in [0, 0.05) is 16.1 Å². The molecule has 0 heterocycles. The average molecular weight is 262 g/mol. The second kappa shape index (κ2) is 5.89. The van der Waals surface area contributed by atoms with Crippen LogP contribution in [-0.2, 0) is 0 Å². The molecule has 0 amide bonds. The lowest BCUT2D eigenvalue weighted by Gasteiger charge is -2.00. The summed E-state index contributed by atoms with van der Waals surface area (Å²) in [5.41, 5.74) is 2.04. The van der Waals surface area contributed by atoms with Crippen molar-refractivity contribution in [3.05, 3.63) is 59.1 Å². The van der Waals surface area contributed by atoms with Crippen LogP contribution in [0.5, 0.6) is 0 Å². The van der Waals surface area contributed by atoms with Gasteiger partial charge in [-0.1, -0.05) is 35.9 Å². The highest BCUT2D eigenvalue weighted by molar-refractivity contribution is 7.98. The predicted molar refractivity (Wildman–Crippen MR) is 76.9 cm³/mol. The third-order valence-electron chi connectivity index (χ3n) is 2.31. The van der Waals surface area contributed by atoms with Crippen LogP contribution in [-0.4, -0.2) is 12.5 Å². The van der Waals surface area contributed by atoms with Gasteiger partial charge in [0.1, 0.15) is 0 Å². The molecule has 0 saturated heterocycles. The first-order valence-electron chi connectivity index (χ1n) is 5.22. The topological polar surface area (TPSA) is 12.4 Å². The average Bonchev–Trinajstić information content (AvgIpc) is 2.38. The monoisotopic (exact) mass is 261 g/mol. The second-order valence-corrected chi connectivity index (χ2v) is 4.77. The number of para-hydroxylation sites is 1. The van der Waals surface area contributed by atoms with Crippen LogP contribution < -0.4 is 0 Å². The number of hydrogen-bond donors (Lipinski definition) is 0. The molecule has 0 aliphatic carbocycles. The van der Waals surface area contributed by atoms with Crippen molar-refractivity contribution in [2.24, 2.45) is 4.99 Å². The van der Waals surface area contributed by atoms with E-state index in [2.05, 4.69) is 17.3 Å². The quantitative estimate of drug-likeness (QED) is 0.570. The van der Waals surface area contributed by atoms with E-state index in [0.29, 0.717) is 0 Å². The fourth-order valence-electron chi connectivity index (χ4n) is 1.43. The summed E-state index contributed by atoms with van der Waals surface area (Å²) in [4.78, 5) is 5.67. The van der Waals surface area contributed by atoms with Crippen molar-refractivity contribution in [3.8, 4) is 0 Å². The third kappa shape index (κ3) is 3.35. The lowest BCUT2D eigenvalue weighted by atomic mass is 10.2. The Balaban J connectivity index is 2.22. The normalized spacial score (nSPS) is 10.9. The van der Waals surface area contributed by atoms with E-state index < -0.39 is 0 Å². The molecule has 17 heavy (non-hydrogen) atoms. The maximum absolute atomic E-state index is 5.83. The lowest BCUT2D eigenvalue weighted by Crippen LogP contribution is -1.80. The molecule has 2 aromatic rings. The molecule has 0 bridgehead atoms. The standard InChI is InChI=1S/C14H12ClNS/c1-17-14-5-3-2-4-13(14)16-10-11-6-8-12(15)9-7-11/h2-10H,1H3. The Morgan fingerprint density at radius 2 is 1.76 bits per heavy atom. The van der Waals surface area contributed by atoms with Crippen molar-refractivity contribution in [2.75, 3.05) is 6.26 Å². The van der Waals surface area contributed by atoms with Gasteiger partial charge in [-0.05, 0) is 36.1 Å². The van der Waals surface area contributed by atoms with E-state index in [4.69, 9.17) is 11.6 Å². The lowest BCUT2D eigenvalue weighted by molar-refractivity contribution is 1.38. The largest absolute Gasteiger partial charge is 0.255 e. The molecular weight excluding hydrogens is 250 g/mol. The number of benzene rings is 2. The second-order valence-electron chi connectivity index (χ2n) is 3.48. The minimum Gasteiger partial charge on any atom is -0.255 e. The van der Waals surface area contributed by atoms with Gasteiger partial charge in [0.15, 0.2) is 0 Å². The third-order valence-corrected chi connectivity index (χ3v) is 3.34. The summed E-state index contributed by atoms with van der Waals surface area (Å²) in [6, 6.07) is 15.7. The van der Waals surface area contributed by atoms with Crippen LogP contribution in [0.2, 0.25) is 5.02 Å². The molecule has 0 atom stereocenters. The number of halogens is 1. The van der Waals surface area contributed by atoms with Gasteiger partial charge in [-0.25, -0.2) is 0 Å². The maximum Gasteiger partial charge on any atom is 0.0765 e. The van der Waals surface area contributed by atoms with E-state index >= 15 is 0 Å². The van der Waals surface area contributed by atoms with Gasteiger partial charge in [-0.2, -0.15) is 0 Å². The summed E-state index contributed by atoms with van der Waals surface area (Å²) < 4.78 is 0. The summed E-state index contributed by atoms with van der Waals surface area (Å²) in [5.74, 6) is 0. The number of nitrogens with zero attached hydrogens (tertiary/aromatic N) is 1. The summed E-state index contributed by atoms with van der Waals surface area (Å²) in [5, 5.41) is 0.742. The van der Waals surface area contributed by atoms with E-state index in [9.17, 15) is 0 Å². The van der Waals surface area contributed by atoms with E-state index in [-0.39, 0.29) is 0 Å². The Kier molecular flexibility index (Phi) is 4.24. The first kappa shape index (κ1) is 12.2. The van der Waals surface area contributed by atoms with E-state index in [1.54, 1.807) is 11.8 Å². The molecule has 0 radical (unpaired) electrons. The Morgan fingerprint density at radius 1 is 1.06 bits per heavy atom. The zero-order chi connectivity index (χ0) is 12.1. The zero-order valence-electron chi connectivity index (χ0n) is 9.43. The predicted octanol–water partition coefficient (Wildman–Crippen LogP) is 4.81. The SMILES string of the molecule is CSc1ccccc1N=Cc1ccc(Cl)cc1. The van der Waals surface area contributed by atoms with Crippen molar-refractivity contribution in [1.82, 2.24) is 0 Å². The van der Waals surface area contributed by atoms with Crippen LogP contribution >= 0.6 is 23.4 Å². The minimum absolute atomic E-state index is 0.742. The number of thioether (sulfide) groups is 1. The molecule has 0 aliphatic heterocycles. The fourth-order valence-corrected chi connectivity index (χ4v) is 2.10. The summed E-state index contributed by atoms with van der Waals surface area (Å²) >= 11 is 7.53. The number of rotatable bonds is 3. The van der Waals surface area contributed by atoms with Crippen molar-refractivity contribution >= 4 is 35.3 Å². The smallest absolute Gasteiger partial charge is 0.0765 e. The van der Waals surface area contributed by atoms with Crippen LogP contribution in [0.4, 0.5) is 5.69 Å². The van der Waals surface area contributed by atoms with Gasteiger partial charge in [0.05, 0.1) is 5.69 Å². The molecular formula is C14H12ClNS. The van der Waals surface area contributed by atoms with Gasteiger partial charge in [0.25, 0.3) is 0 Å². The number of hydrogen-bond acceptors (Lipinski definition) is 2. The molecule has 3 heteroatoms. The molecule has 0 unspecified atom stereocenters. The van der Waals surface area contributed by atoms with Gasteiger partial charge in [0.2, 0.25) is 0 Å². The highest BCUT2D eigenvalue weighted by atomic mass is 35.5. The highest BCUT2D eigenvalue weighted by Crippen LogP contribution is 2.27. The molecule has 0 N–H and O–H groups in total. The summed E-state index contributed by atoms with van der Waals surface area (Å²) in [6.07, 6.45) is 3.90. The van der Waals surface area contributed by atoms with Crippen molar-refractivity contribution in [2.45, 2.75) is 4.90 Å². The van der Waals surface area contributed by atoms with Crippen molar-refractivity contribution < 1.29 is 0 Å². The van der Waals surface area contributed by atoms with E-state index in [1.807, 2.05) is 48.7 Å². The van der Waals surface area contributed by atoms with Crippen LogP contribution in [0.3, 0.4) is 0 Å². The van der Waals surface area contributed by atoms with Crippen molar-refractivity contribution in [3.63, 3.8) is 0 Å². The Labute approximate surface area is 111 Å². The molecule has 2 aromatic carbocycles. The molecule has 0 aromatic heterocycles. The first-order valence-corrected chi connectivity index (χ1v) is 6.82. The van der Waals surface area contributed by atoms with Crippen LogP contribution in [0, 0.1) is 0 Å². The minimum atomic E-state index is 0.742. The first-order chi connectivity index (χ1) is 8.29. The van der Waals surface area contributed by atoms with Gasteiger partial charge >= 0.3 is 0 Å². The van der Waals surface area contributed by atoms with Crippen LogP contribution in [0.25, 0.3) is 0 Å². The molecule has 0 spiro atoms. The highest BCUT2D eigenvalue weighted by Gasteiger charge is 1.96. The van der Waals surface area contributed by atoms with Crippen LogP contribution in [0.1, 0.15) is 5.56 Å². The Morgan fingerprint density at radius 3 is 2.47 bits per heavy atom. The van der Waals surface area contributed by atoms with Gasteiger partial charge in [-0.3, -0.25) is 4.99 Å². The molecule has 0 fully saturated rings. The zero-order valence-corrected chi connectivity index (χ0v) is 11.0. The molecule has 2 rings (SSSR count). The summed E-state index contributed by atoms with van der Waals surface area (Å²) in [7, 11) is 0. The Bertz CT molecular complexity index is 520.